The Labute approximate surface area is 115 Å². The molecule has 19 heavy (non-hydrogen) atoms. The third kappa shape index (κ3) is 4.06. The molecule has 0 bridgehead atoms. The summed E-state index contributed by atoms with van der Waals surface area (Å²) >= 11 is 0. The Kier molecular flexibility index (Phi) is 4.97. The second-order valence-electron chi connectivity index (χ2n) is 5.44. The predicted molar refractivity (Wildman–Crippen MR) is 79.4 cm³/mol. The molecule has 1 aliphatic heterocycles. The SMILES string of the molecule is CCc1cc(NC(=O)CC2CCNCC2)ccc1C. The van der Waals surface area contributed by atoms with Crippen molar-refractivity contribution in [2.24, 2.45) is 5.92 Å². The van der Waals surface area contributed by atoms with Crippen LogP contribution in [-0.2, 0) is 11.2 Å². The van der Waals surface area contributed by atoms with E-state index in [-0.39, 0.29) is 5.91 Å². The number of rotatable bonds is 4. The summed E-state index contributed by atoms with van der Waals surface area (Å²) in [6, 6.07) is 6.17. The summed E-state index contributed by atoms with van der Waals surface area (Å²) in [4.78, 5) is 12.0. The van der Waals surface area contributed by atoms with Crippen molar-refractivity contribution in [3.05, 3.63) is 29.3 Å². The molecule has 0 radical (unpaired) electrons. The highest BCUT2D eigenvalue weighted by atomic mass is 16.1. The predicted octanol–water partition coefficient (Wildman–Crippen LogP) is 2.89. The average Bonchev–Trinajstić information content (AvgIpc) is 2.42. The second kappa shape index (κ2) is 6.71. The van der Waals surface area contributed by atoms with Gasteiger partial charge in [-0.05, 0) is 68.5 Å². The molecule has 0 atom stereocenters. The van der Waals surface area contributed by atoms with E-state index in [9.17, 15) is 4.79 Å². The molecule has 0 unspecified atom stereocenters. The molecule has 1 aliphatic rings. The summed E-state index contributed by atoms with van der Waals surface area (Å²) in [6.45, 7) is 6.34. The van der Waals surface area contributed by atoms with E-state index in [4.69, 9.17) is 0 Å². The van der Waals surface area contributed by atoms with Gasteiger partial charge in [0.25, 0.3) is 0 Å². The fourth-order valence-corrected chi connectivity index (χ4v) is 2.69. The van der Waals surface area contributed by atoms with Crippen LogP contribution >= 0.6 is 0 Å². The molecule has 2 rings (SSSR count). The Morgan fingerprint density at radius 2 is 2.11 bits per heavy atom. The van der Waals surface area contributed by atoms with E-state index in [1.165, 1.54) is 11.1 Å². The van der Waals surface area contributed by atoms with Gasteiger partial charge in [-0.15, -0.1) is 0 Å². The number of aryl methyl sites for hydroxylation is 2. The number of hydrogen-bond acceptors (Lipinski definition) is 2. The van der Waals surface area contributed by atoms with E-state index in [1.54, 1.807) is 0 Å². The molecule has 0 aliphatic carbocycles. The first-order chi connectivity index (χ1) is 9.19. The van der Waals surface area contributed by atoms with Crippen molar-refractivity contribution in [1.82, 2.24) is 5.32 Å². The van der Waals surface area contributed by atoms with Gasteiger partial charge in [0.15, 0.2) is 0 Å². The van der Waals surface area contributed by atoms with Crippen LogP contribution in [0.2, 0.25) is 0 Å². The van der Waals surface area contributed by atoms with Crippen LogP contribution < -0.4 is 10.6 Å². The van der Waals surface area contributed by atoms with Crippen LogP contribution in [0.3, 0.4) is 0 Å². The van der Waals surface area contributed by atoms with E-state index in [0.717, 1.165) is 38.0 Å². The van der Waals surface area contributed by atoms with Gasteiger partial charge in [0, 0.05) is 12.1 Å². The van der Waals surface area contributed by atoms with Crippen LogP contribution in [0.25, 0.3) is 0 Å². The summed E-state index contributed by atoms with van der Waals surface area (Å²) in [6.07, 6.45) is 3.88. The smallest absolute Gasteiger partial charge is 0.224 e. The molecule has 3 nitrogen and oxygen atoms in total. The Balaban J connectivity index is 1.90. The van der Waals surface area contributed by atoms with Gasteiger partial charge in [-0.3, -0.25) is 4.79 Å². The van der Waals surface area contributed by atoms with E-state index < -0.39 is 0 Å². The zero-order valence-corrected chi connectivity index (χ0v) is 12.0. The molecule has 0 aromatic heterocycles. The zero-order chi connectivity index (χ0) is 13.7. The van der Waals surface area contributed by atoms with Gasteiger partial charge in [0.1, 0.15) is 0 Å². The number of anilines is 1. The maximum absolute atomic E-state index is 12.0. The molecule has 0 spiro atoms. The van der Waals surface area contributed by atoms with Crippen LogP contribution in [0.5, 0.6) is 0 Å². The number of piperidine rings is 1. The third-order valence-corrected chi connectivity index (χ3v) is 3.95. The van der Waals surface area contributed by atoms with Gasteiger partial charge >= 0.3 is 0 Å². The maximum Gasteiger partial charge on any atom is 0.224 e. The fourth-order valence-electron chi connectivity index (χ4n) is 2.69. The van der Waals surface area contributed by atoms with Crippen LogP contribution in [-0.4, -0.2) is 19.0 Å². The minimum Gasteiger partial charge on any atom is -0.326 e. The first-order valence-corrected chi connectivity index (χ1v) is 7.29. The standard InChI is InChI=1S/C16H24N2O/c1-3-14-11-15(5-4-12(14)2)18-16(19)10-13-6-8-17-9-7-13/h4-5,11,13,17H,3,6-10H2,1-2H3,(H,18,19). The molecule has 1 heterocycles. The number of benzene rings is 1. The minimum absolute atomic E-state index is 0.151. The molecule has 1 saturated heterocycles. The van der Waals surface area contributed by atoms with E-state index >= 15 is 0 Å². The molecule has 2 N–H and O–H groups in total. The molecular formula is C16H24N2O. The highest BCUT2D eigenvalue weighted by Gasteiger charge is 2.16. The van der Waals surface area contributed by atoms with Crippen molar-refractivity contribution in [1.29, 1.82) is 0 Å². The Bertz CT molecular complexity index is 436. The van der Waals surface area contributed by atoms with Crippen LogP contribution in [0.1, 0.15) is 37.3 Å². The highest BCUT2D eigenvalue weighted by molar-refractivity contribution is 5.91. The quantitative estimate of drug-likeness (QED) is 0.874. The summed E-state index contributed by atoms with van der Waals surface area (Å²) in [5, 5.41) is 6.36. The van der Waals surface area contributed by atoms with Crippen molar-refractivity contribution < 1.29 is 4.79 Å². The maximum atomic E-state index is 12.0. The average molecular weight is 260 g/mol. The third-order valence-electron chi connectivity index (χ3n) is 3.95. The first kappa shape index (κ1) is 14.1. The summed E-state index contributed by atoms with van der Waals surface area (Å²) in [5.74, 6) is 0.690. The van der Waals surface area contributed by atoms with E-state index in [2.05, 4.69) is 36.6 Å². The van der Waals surface area contributed by atoms with E-state index in [1.807, 2.05) is 6.07 Å². The first-order valence-electron chi connectivity index (χ1n) is 7.29. The minimum atomic E-state index is 0.151. The van der Waals surface area contributed by atoms with Crippen molar-refractivity contribution in [2.75, 3.05) is 18.4 Å². The molecule has 0 saturated carbocycles. The highest BCUT2D eigenvalue weighted by Crippen LogP contribution is 2.19. The molecule has 1 aromatic carbocycles. The van der Waals surface area contributed by atoms with Crippen LogP contribution in [0.4, 0.5) is 5.69 Å². The number of nitrogens with one attached hydrogen (secondary N) is 2. The topological polar surface area (TPSA) is 41.1 Å². The molecule has 1 amide bonds. The summed E-state index contributed by atoms with van der Waals surface area (Å²) in [7, 11) is 0. The summed E-state index contributed by atoms with van der Waals surface area (Å²) in [5.41, 5.74) is 3.53. The fraction of sp³-hybridized carbons (Fsp3) is 0.562. The number of carbonyl (C=O) groups excluding carboxylic acids is 1. The lowest BCUT2D eigenvalue weighted by Gasteiger charge is -2.22. The van der Waals surface area contributed by atoms with Crippen LogP contribution in [0.15, 0.2) is 18.2 Å². The molecule has 1 fully saturated rings. The summed E-state index contributed by atoms with van der Waals surface area (Å²) < 4.78 is 0. The van der Waals surface area contributed by atoms with Gasteiger partial charge in [0.2, 0.25) is 5.91 Å². The molecule has 1 aromatic rings. The van der Waals surface area contributed by atoms with Crippen molar-refractivity contribution >= 4 is 11.6 Å². The zero-order valence-electron chi connectivity index (χ0n) is 12.0. The second-order valence-corrected chi connectivity index (χ2v) is 5.44. The largest absolute Gasteiger partial charge is 0.326 e. The van der Waals surface area contributed by atoms with Crippen LogP contribution in [0, 0.1) is 12.8 Å². The van der Waals surface area contributed by atoms with Gasteiger partial charge in [-0.25, -0.2) is 0 Å². The molecule has 3 heteroatoms. The normalized spacial score (nSPS) is 16.3. The lowest BCUT2D eigenvalue weighted by molar-refractivity contribution is -0.117. The molecule has 104 valence electrons. The monoisotopic (exact) mass is 260 g/mol. The number of amides is 1. The van der Waals surface area contributed by atoms with Gasteiger partial charge < -0.3 is 10.6 Å². The lowest BCUT2D eigenvalue weighted by Crippen LogP contribution is -2.30. The lowest BCUT2D eigenvalue weighted by atomic mass is 9.94. The molecular weight excluding hydrogens is 236 g/mol. The number of carbonyl (C=O) groups is 1. The van der Waals surface area contributed by atoms with Gasteiger partial charge in [-0.2, -0.15) is 0 Å². The van der Waals surface area contributed by atoms with Crippen molar-refractivity contribution in [3.63, 3.8) is 0 Å². The Hall–Kier alpha value is -1.35. The Morgan fingerprint density at radius 1 is 1.37 bits per heavy atom. The van der Waals surface area contributed by atoms with Gasteiger partial charge in [-0.1, -0.05) is 13.0 Å². The van der Waals surface area contributed by atoms with Crippen molar-refractivity contribution in [3.8, 4) is 0 Å². The Morgan fingerprint density at radius 3 is 2.79 bits per heavy atom. The number of hydrogen-bond donors (Lipinski definition) is 2. The van der Waals surface area contributed by atoms with E-state index in [0.29, 0.717) is 12.3 Å². The van der Waals surface area contributed by atoms with Crippen molar-refractivity contribution in [2.45, 2.75) is 39.5 Å². The van der Waals surface area contributed by atoms with Gasteiger partial charge in [0.05, 0.1) is 0 Å².